The first-order chi connectivity index (χ1) is 8.33. The Bertz CT molecular complexity index is 573. The van der Waals surface area contributed by atoms with Gasteiger partial charge in [0, 0.05) is 11.1 Å². The van der Waals surface area contributed by atoms with E-state index in [1.165, 1.54) is 11.8 Å². The van der Waals surface area contributed by atoms with E-state index in [-0.39, 0.29) is 5.91 Å². The lowest BCUT2D eigenvalue weighted by atomic mass is 10.2. The number of hydrogen-bond donors (Lipinski definition) is 1. The second-order valence-electron chi connectivity index (χ2n) is 3.76. The Morgan fingerprint density at radius 3 is 3.06 bits per heavy atom. The first kappa shape index (κ1) is 10.4. The predicted molar refractivity (Wildman–Crippen MR) is 70.5 cm³/mol. The molecule has 4 heteroatoms. The quantitative estimate of drug-likeness (QED) is 0.769. The second-order valence-corrected chi connectivity index (χ2v) is 4.84. The molecule has 1 amide bonds. The zero-order chi connectivity index (χ0) is 11.7. The molecule has 17 heavy (non-hydrogen) atoms. The summed E-state index contributed by atoms with van der Waals surface area (Å²) >= 11 is 1.50. The number of hydrogen-bond acceptors (Lipinski definition) is 3. The normalized spacial score (nSPS) is 20.1. The molecule has 3 rings (SSSR count). The van der Waals surface area contributed by atoms with Crippen LogP contribution in [0.15, 0.2) is 56.8 Å². The van der Waals surface area contributed by atoms with Crippen LogP contribution < -0.4 is 5.32 Å². The van der Waals surface area contributed by atoms with Crippen molar-refractivity contribution in [3.8, 4) is 0 Å². The summed E-state index contributed by atoms with van der Waals surface area (Å²) in [4.78, 5) is 17.8. The number of thioether (sulfide) groups is 1. The highest BCUT2D eigenvalue weighted by Gasteiger charge is 2.20. The highest BCUT2D eigenvalue weighted by molar-refractivity contribution is 8.04. The molecule has 0 fully saturated rings. The van der Waals surface area contributed by atoms with E-state index in [0.29, 0.717) is 11.4 Å². The number of anilines is 1. The number of fused-ring (bicyclic) bond motifs is 1. The molecule has 2 aliphatic rings. The van der Waals surface area contributed by atoms with Gasteiger partial charge >= 0.3 is 0 Å². The number of nitrogens with one attached hydrogen (secondary N) is 1. The van der Waals surface area contributed by atoms with E-state index >= 15 is 0 Å². The fraction of sp³-hybridized carbons (Fsp3) is 0.0769. The third kappa shape index (κ3) is 2.03. The van der Waals surface area contributed by atoms with Gasteiger partial charge in [0.1, 0.15) is 0 Å². The Hall–Kier alpha value is -1.81. The number of nitrogens with zero attached hydrogens (tertiary/aromatic N) is 1. The van der Waals surface area contributed by atoms with Crippen LogP contribution in [0.5, 0.6) is 0 Å². The number of benzene rings is 1. The van der Waals surface area contributed by atoms with Crippen LogP contribution in [0.3, 0.4) is 0 Å². The fourth-order valence-corrected chi connectivity index (χ4v) is 2.67. The van der Waals surface area contributed by atoms with Crippen molar-refractivity contribution in [3.05, 3.63) is 46.9 Å². The summed E-state index contributed by atoms with van der Waals surface area (Å²) in [6.45, 7) is 0.710. The van der Waals surface area contributed by atoms with Crippen molar-refractivity contribution >= 4 is 29.6 Å². The number of carbonyl (C=O) groups excluding carboxylic acids is 1. The van der Waals surface area contributed by atoms with E-state index in [0.717, 1.165) is 16.2 Å². The van der Waals surface area contributed by atoms with Crippen LogP contribution in [0.25, 0.3) is 0 Å². The van der Waals surface area contributed by atoms with E-state index in [2.05, 4.69) is 10.3 Å². The Balaban J connectivity index is 1.94. The second kappa shape index (κ2) is 4.22. The van der Waals surface area contributed by atoms with Gasteiger partial charge in [-0.15, -0.1) is 0 Å². The summed E-state index contributed by atoms with van der Waals surface area (Å²) in [6, 6.07) is 7.80. The molecule has 0 aromatic heterocycles. The van der Waals surface area contributed by atoms with Gasteiger partial charge in [-0.1, -0.05) is 30.0 Å². The molecule has 0 bridgehead atoms. The van der Waals surface area contributed by atoms with Crippen LogP contribution >= 0.6 is 11.8 Å². The maximum absolute atomic E-state index is 11.9. The Morgan fingerprint density at radius 1 is 1.35 bits per heavy atom. The minimum Gasteiger partial charge on any atom is -0.320 e. The summed E-state index contributed by atoms with van der Waals surface area (Å²) in [5.74, 6) is -0.0464. The standard InChI is InChI=1S/C13H10N2OS/c16-13-12(7-9-5-6-14-8-9)17-11-4-2-1-3-10(11)15-13/h1-5,7-8H,6H2,(H,15,16). The van der Waals surface area contributed by atoms with Crippen molar-refractivity contribution < 1.29 is 4.79 Å². The van der Waals surface area contributed by atoms with Gasteiger partial charge in [-0.2, -0.15) is 0 Å². The van der Waals surface area contributed by atoms with E-state index in [9.17, 15) is 4.79 Å². The lowest BCUT2D eigenvalue weighted by molar-refractivity contribution is -0.112. The first-order valence-electron chi connectivity index (χ1n) is 5.33. The Morgan fingerprint density at radius 2 is 2.24 bits per heavy atom. The van der Waals surface area contributed by atoms with E-state index in [1.54, 1.807) is 6.21 Å². The van der Waals surface area contributed by atoms with Gasteiger partial charge in [0.25, 0.3) is 5.91 Å². The molecule has 1 aromatic rings. The SMILES string of the molecule is O=C1Nc2ccccc2SC1=CC1=CCN=C1. The number of amides is 1. The van der Waals surface area contributed by atoms with Gasteiger partial charge in [-0.25, -0.2) is 0 Å². The summed E-state index contributed by atoms with van der Waals surface area (Å²) in [7, 11) is 0. The summed E-state index contributed by atoms with van der Waals surface area (Å²) in [5, 5.41) is 2.88. The molecule has 0 saturated carbocycles. The van der Waals surface area contributed by atoms with Gasteiger partial charge in [0.2, 0.25) is 0 Å². The van der Waals surface area contributed by atoms with E-state index in [4.69, 9.17) is 0 Å². The molecular weight excluding hydrogens is 232 g/mol. The molecule has 2 aliphatic heterocycles. The molecule has 0 atom stereocenters. The zero-order valence-electron chi connectivity index (χ0n) is 9.01. The number of rotatable bonds is 1. The highest BCUT2D eigenvalue weighted by atomic mass is 32.2. The number of carbonyl (C=O) groups is 1. The summed E-state index contributed by atoms with van der Waals surface area (Å²) < 4.78 is 0. The lowest BCUT2D eigenvalue weighted by Gasteiger charge is -2.18. The van der Waals surface area contributed by atoms with E-state index < -0.39 is 0 Å². The van der Waals surface area contributed by atoms with Gasteiger partial charge in [-0.3, -0.25) is 9.79 Å². The molecule has 1 aromatic carbocycles. The maximum Gasteiger partial charge on any atom is 0.262 e. The van der Waals surface area contributed by atoms with E-state index in [1.807, 2.05) is 36.4 Å². The molecule has 0 spiro atoms. The molecule has 0 radical (unpaired) electrons. The predicted octanol–water partition coefficient (Wildman–Crippen LogP) is 2.63. The van der Waals surface area contributed by atoms with Gasteiger partial charge in [0.15, 0.2) is 0 Å². The smallest absolute Gasteiger partial charge is 0.262 e. The van der Waals surface area contributed by atoms with Crippen molar-refractivity contribution in [2.75, 3.05) is 11.9 Å². The molecular formula is C13H10N2OS. The third-order valence-electron chi connectivity index (χ3n) is 2.55. The topological polar surface area (TPSA) is 41.5 Å². The number of allylic oxidation sites excluding steroid dienone is 2. The average Bonchev–Trinajstić information content (AvgIpc) is 2.83. The van der Waals surface area contributed by atoms with Gasteiger partial charge in [-0.05, 0) is 23.8 Å². The Kier molecular flexibility index (Phi) is 2.57. The zero-order valence-corrected chi connectivity index (χ0v) is 9.83. The van der Waals surface area contributed by atoms with Crippen LogP contribution in [0.4, 0.5) is 5.69 Å². The highest BCUT2D eigenvalue weighted by Crippen LogP contribution is 2.38. The van der Waals surface area contributed by atoms with Crippen LogP contribution in [0.2, 0.25) is 0 Å². The number of para-hydroxylation sites is 1. The van der Waals surface area contributed by atoms with Crippen molar-refractivity contribution in [2.45, 2.75) is 4.90 Å². The van der Waals surface area contributed by atoms with Crippen LogP contribution in [-0.2, 0) is 4.79 Å². The lowest BCUT2D eigenvalue weighted by Crippen LogP contribution is -2.17. The molecule has 0 unspecified atom stereocenters. The van der Waals surface area contributed by atoms with Crippen molar-refractivity contribution in [3.63, 3.8) is 0 Å². The summed E-state index contributed by atoms with van der Waals surface area (Å²) in [6.07, 6.45) is 5.68. The largest absolute Gasteiger partial charge is 0.320 e. The van der Waals surface area contributed by atoms with Crippen molar-refractivity contribution in [2.24, 2.45) is 4.99 Å². The molecule has 0 saturated heterocycles. The third-order valence-corrected chi connectivity index (χ3v) is 3.65. The molecule has 84 valence electrons. The van der Waals surface area contributed by atoms with Crippen LogP contribution in [-0.4, -0.2) is 18.7 Å². The van der Waals surface area contributed by atoms with Gasteiger partial charge in [0.05, 0.1) is 17.1 Å². The monoisotopic (exact) mass is 242 g/mol. The number of aliphatic imine (C=N–C) groups is 1. The average molecular weight is 242 g/mol. The van der Waals surface area contributed by atoms with Crippen molar-refractivity contribution in [1.29, 1.82) is 0 Å². The summed E-state index contributed by atoms with van der Waals surface area (Å²) in [5.41, 5.74) is 1.88. The molecule has 1 N–H and O–H groups in total. The van der Waals surface area contributed by atoms with Crippen LogP contribution in [0.1, 0.15) is 0 Å². The van der Waals surface area contributed by atoms with Crippen molar-refractivity contribution in [1.82, 2.24) is 0 Å². The molecule has 2 heterocycles. The first-order valence-corrected chi connectivity index (χ1v) is 6.14. The molecule has 3 nitrogen and oxygen atoms in total. The minimum absolute atomic E-state index is 0.0464. The fourth-order valence-electron chi connectivity index (χ4n) is 1.72. The minimum atomic E-state index is -0.0464. The maximum atomic E-state index is 11.9. The Labute approximate surface area is 103 Å². The molecule has 0 aliphatic carbocycles. The van der Waals surface area contributed by atoms with Gasteiger partial charge < -0.3 is 5.32 Å². The van der Waals surface area contributed by atoms with Crippen LogP contribution in [0, 0.1) is 0 Å².